The first-order valence-electron chi connectivity index (χ1n) is 7.51. The van der Waals surface area contributed by atoms with Gasteiger partial charge >= 0.3 is 0 Å². The van der Waals surface area contributed by atoms with E-state index in [4.69, 9.17) is 4.74 Å². The Morgan fingerprint density at radius 3 is 2.80 bits per heavy atom. The lowest BCUT2D eigenvalue weighted by Gasteiger charge is -2.03. The molecule has 1 N–H and O–H groups in total. The number of methoxy groups -OCH3 is 1. The Bertz CT molecular complexity index is 822. The molecular weight excluding hydrogens is 356 g/mol. The van der Waals surface area contributed by atoms with Crippen molar-refractivity contribution in [2.45, 2.75) is 10.9 Å². The molecule has 2 heterocycles. The van der Waals surface area contributed by atoms with E-state index in [2.05, 4.69) is 20.5 Å². The van der Waals surface area contributed by atoms with Crippen LogP contribution in [0.2, 0.25) is 0 Å². The van der Waals surface area contributed by atoms with Crippen LogP contribution >= 0.6 is 23.1 Å². The summed E-state index contributed by atoms with van der Waals surface area (Å²) in [5.41, 5.74) is 1.95. The normalized spacial score (nSPS) is 10.4. The van der Waals surface area contributed by atoms with Gasteiger partial charge in [-0.15, -0.1) is 10.2 Å². The number of amides is 1. The highest BCUT2D eigenvalue weighted by Crippen LogP contribution is 2.30. The van der Waals surface area contributed by atoms with Crippen LogP contribution < -0.4 is 10.1 Å². The van der Waals surface area contributed by atoms with E-state index < -0.39 is 0 Å². The van der Waals surface area contributed by atoms with Gasteiger partial charge in [0.15, 0.2) is 4.34 Å². The van der Waals surface area contributed by atoms with Crippen LogP contribution in [0.4, 0.5) is 0 Å². The summed E-state index contributed by atoms with van der Waals surface area (Å²) in [5.74, 6) is 1.06. The first kappa shape index (κ1) is 17.4. The fourth-order valence-electron chi connectivity index (χ4n) is 2.00. The van der Waals surface area contributed by atoms with Crippen LogP contribution in [0, 0.1) is 0 Å². The first-order valence-corrected chi connectivity index (χ1v) is 9.31. The van der Waals surface area contributed by atoms with E-state index in [1.54, 1.807) is 19.5 Å². The topological polar surface area (TPSA) is 77.0 Å². The fourth-order valence-corrected chi connectivity index (χ4v) is 3.69. The minimum absolute atomic E-state index is 0.0462. The number of hydrogen-bond acceptors (Lipinski definition) is 7. The van der Waals surface area contributed by atoms with Crippen molar-refractivity contribution in [1.82, 2.24) is 20.5 Å². The van der Waals surface area contributed by atoms with Crippen LogP contribution in [0.15, 0.2) is 53.1 Å². The van der Waals surface area contributed by atoms with Gasteiger partial charge in [0.05, 0.1) is 12.9 Å². The second-order valence-corrected chi connectivity index (χ2v) is 7.23. The molecule has 3 aromatic rings. The van der Waals surface area contributed by atoms with E-state index in [0.29, 0.717) is 12.3 Å². The third-order valence-corrected chi connectivity index (χ3v) is 5.39. The Hall–Kier alpha value is -2.45. The minimum Gasteiger partial charge on any atom is -0.497 e. The number of pyridine rings is 1. The lowest BCUT2D eigenvalue weighted by molar-refractivity contribution is -0.118. The van der Waals surface area contributed by atoms with Gasteiger partial charge in [-0.25, -0.2) is 0 Å². The van der Waals surface area contributed by atoms with Crippen LogP contribution in [0.3, 0.4) is 0 Å². The van der Waals surface area contributed by atoms with E-state index in [-0.39, 0.29) is 5.91 Å². The van der Waals surface area contributed by atoms with Crippen LogP contribution in [0.1, 0.15) is 5.56 Å². The zero-order chi connectivity index (χ0) is 17.5. The summed E-state index contributed by atoms with van der Waals surface area (Å²) in [6.07, 6.45) is 3.44. The van der Waals surface area contributed by atoms with Gasteiger partial charge in [0.25, 0.3) is 0 Å². The Balaban J connectivity index is 1.50. The lowest BCUT2D eigenvalue weighted by Crippen LogP contribution is -2.24. The Labute approximate surface area is 153 Å². The second-order valence-electron chi connectivity index (χ2n) is 5.03. The van der Waals surface area contributed by atoms with Crippen molar-refractivity contribution in [3.05, 3.63) is 54.4 Å². The van der Waals surface area contributed by atoms with Crippen molar-refractivity contribution in [2.24, 2.45) is 0 Å². The molecule has 0 saturated heterocycles. The summed E-state index contributed by atoms with van der Waals surface area (Å²) in [6.45, 7) is 0.473. The molecule has 25 heavy (non-hydrogen) atoms. The van der Waals surface area contributed by atoms with Crippen molar-refractivity contribution < 1.29 is 9.53 Å². The highest BCUT2D eigenvalue weighted by atomic mass is 32.2. The summed E-state index contributed by atoms with van der Waals surface area (Å²) < 4.78 is 5.91. The molecule has 0 aliphatic carbocycles. The molecule has 6 nitrogen and oxygen atoms in total. The third-order valence-electron chi connectivity index (χ3n) is 3.28. The highest BCUT2D eigenvalue weighted by Gasteiger charge is 2.10. The molecule has 1 amide bonds. The molecule has 2 aromatic heterocycles. The maximum absolute atomic E-state index is 11.9. The molecule has 0 fully saturated rings. The molecule has 0 unspecified atom stereocenters. The first-order chi connectivity index (χ1) is 12.2. The number of nitrogens with one attached hydrogen (secondary N) is 1. The second kappa shape index (κ2) is 8.59. The van der Waals surface area contributed by atoms with E-state index in [9.17, 15) is 4.79 Å². The van der Waals surface area contributed by atoms with Crippen molar-refractivity contribution >= 4 is 29.0 Å². The van der Waals surface area contributed by atoms with E-state index in [1.807, 2.05) is 36.4 Å². The van der Waals surface area contributed by atoms with Crippen LogP contribution in [-0.4, -0.2) is 34.0 Å². The molecule has 128 valence electrons. The van der Waals surface area contributed by atoms with Crippen molar-refractivity contribution in [1.29, 1.82) is 0 Å². The fraction of sp³-hybridized carbons (Fsp3) is 0.176. The molecular formula is C17H16N4O2S2. The Morgan fingerprint density at radius 2 is 2.08 bits per heavy atom. The largest absolute Gasteiger partial charge is 0.497 e. The third kappa shape index (κ3) is 5.01. The predicted octanol–water partition coefficient (Wildman–Crippen LogP) is 3.02. The maximum atomic E-state index is 11.9. The number of aromatic nitrogens is 3. The molecule has 0 aliphatic rings. The number of carbonyl (C=O) groups is 1. The molecule has 8 heteroatoms. The number of benzene rings is 1. The average Bonchev–Trinajstić information content (AvgIpc) is 3.14. The Kier molecular flexibility index (Phi) is 5.97. The van der Waals surface area contributed by atoms with Crippen molar-refractivity contribution in [3.63, 3.8) is 0 Å². The minimum atomic E-state index is -0.0462. The van der Waals surface area contributed by atoms with Gasteiger partial charge in [0, 0.05) is 24.5 Å². The van der Waals surface area contributed by atoms with Crippen molar-refractivity contribution in [2.75, 3.05) is 12.9 Å². The van der Waals surface area contributed by atoms with E-state index >= 15 is 0 Å². The van der Waals surface area contributed by atoms with Gasteiger partial charge in [0.1, 0.15) is 10.8 Å². The highest BCUT2D eigenvalue weighted by molar-refractivity contribution is 8.01. The zero-order valence-electron chi connectivity index (χ0n) is 13.5. The lowest BCUT2D eigenvalue weighted by atomic mass is 10.2. The Morgan fingerprint density at radius 1 is 1.24 bits per heavy atom. The molecule has 0 spiro atoms. The molecule has 3 rings (SSSR count). The molecule has 0 bridgehead atoms. The summed E-state index contributed by atoms with van der Waals surface area (Å²) >= 11 is 2.85. The van der Waals surface area contributed by atoms with Crippen molar-refractivity contribution in [3.8, 4) is 16.3 Å². The van der Waals surface area contributed by atoms with Crippen LogP contribution in [0.5, 0.6) is 5.75 Å². The monoisotopic (exact) mass is 372 g/mol. The summed E-state index contributed by atoms with van der Waals surface area (Å²) in [5, 5.41) is 12.0. The molecule has 1 aromatic carbocycles. The van der Waals surface area contributed by atoms with Gasteiger partial charge in [-0.05, 0) is 35.9 Å². The van der Waals surface area contributed by atoms with E-state index in [1.165, 1.54) is 23.1 Å². The SMILES string of the molecule is COc1ccc(-c2nnc(SCC(=O)NCc3cccnc3)s2)cc1. The van der Waals surface area contributed by atoms with Crippen LogP contribution in [-0.2, 0) is 11.3 Å². The van der Waals surface area contributed by atoms with Gasteiger partial charge in [-0.2, -0.15) is 0 Å². The smallest absolute Gasteiger partial charge is 0.230 e. The molecule has 0 radical (unpaired) electrons. The molecule has 0 atom stereocenters. The number of rotatable bonds is 7. The van der Waals surface area contributed by atoms with Gasteiger partial charge in [-0.1, -0.05) is 29.2 Å². The van der Waals surface area contributed by atoms with Gasteiger partial charge in [-0.3, -0.25) is 9.78 Å². The number of hydrogen-bond donors (Lipinski definition) is 1. The average molecular weight is 372 g/mol. The van der Waals surface area contributed by atoms with E-state index in [0.717, 1.165) is 26.2 Å². The van der Waals surface area contributed by atoms with Gasteiger partial charge < -0.3 is 10.1 Å². The molecule has 0 saturated carbocycles. The maximum Gasteiger partial charge on any atom is 0.230 e. The standard InChI is InChI=1S/C17H16N4O2S2/c1-23-14-6-4-13(5-7-14)16-20-21-17(25-16)24-11-15(22)19-10-12-3-2-8-18-9-12/h2-9H,10-11H2,1H3,(H,19,22). The summed E-state index contributed by atoms with van der Waals surface area (Å²) in [6, 6.07) is 11.4. The number of thioether (sulfide) groups is 1. The number of ether oxygens (including phenoxy) is 1. The summed E-state index contributed by atoms with van der Waals surface area (Å²) in [4.78, 5) is 15.9. The van der Waals surface area contributed by atoms with Crippen LogP contribution in [0.25, 0.3) is 10.6 Å². The number of carbonyl (C=O) groups excluding carboxylic acids is 1. The number of nitrogens with zero attached hydrogens (tertiary/aromatic N) is 3. The zero-order valence-corrected chi connectivity index (χ0v) is 15.1. The van der Waals surface area contributed by atoms with Gasteiger partial charge in [0.2, 0.25) is 5.91 Å². The quantitative estimate of drug-likeness (QED) is 0.643. The predicted molar refractivity (Wildman–Crippen MR) is 98.7 cm³/mol. The summed E-state index contributed by atoms with van der Waals surface area (Å²) in [7, 11) is 1.63. The molecule has 0 aliphatic heterocycles.